The molecule has 0 saturated heterocycles. The minimum absolute atomic E-state index is 0.129. The van der Waals surface area contributed by atoms with Crippen molar-refractivity contribution >= 4 is 34.7 Å². The Balaban J connectivity index is 1.07. The van der Waals surface area contributed by atoms with Gasteiger partial charge in [-0.2, -0.15) is 15.0 Å². The molecule has 362 valence electrons. The Morgan fingerprint density at radius 3 is 1.43 bits per heavy atom. The molecule has 0 bridgehead atoms. The summed E-state index contributed by atoms with van der Waals surface area (Å²) in [7, 11) is 0. The van der Waals surface area contributed by atoms with E-state index in [9.17, 15) is 0 Å². The molecule has 0 unspecified atom stereocenters. The molecule has 0 fully saturated rings. The van der Waals surface area contributed by atoms with Gasteiger partial charge in [-0.05, 0) is 93.6 Å². The Labute approximate surface area is 416 Å². The molecule has 0 spiro atoms. The maximum atomic E-state index is 5.67. The van der Waals surface area contributed by atoms with Crippen molar-refractivity contribution in [3.8, 4) is 22.3 Å². The fourth-order valence-electron chi connectivity index (χ4n) is 11.9. The first kappa shape index (κ1) is 48.7. The van der Waals surface area contributed by atoms with Crippen molar-refractivity contribution in [2.24, 2.45) is 20.0 Å². The van der Waals surface area contributed by atoms with Gasteiger partial charge in [-0.3, -0.25) is 0 Å². The van der Waals surface area contributed by atoms with Crippen LogP contribution in [-0.4, -0.2) is 46.5 Å². The van der Waals surface area contributed by atoms with E-state index in [1.807, 2.05) is 6.92 Å². The van der Waals surface area contributed by atoms with E-state index in [4.69, 9.17) is 20.0 Å². The van der Waals surface area contributed by atoms with Crippen LogP contribution in [-0.2, 0) is 10.8 Å². The van der Waals surface area contributed by atoms with Crippen LogP contribution < -0.4 is 0 Å². The van der Waals surface area contributed by atoms with Crippen molar-refractivity contribution in [3.63, 3.8) is 0 Å². The summed E-state index contributed by atoms with van der Waals surface area (Å²) in [5.74, 6) is 3.89. The van der Waals surface area contributed by atoms with Crippen LogP contribution in [0, 0.1) is 0 Å². The maximum Gasteiger partial charge on any atom is 0.242 e. The quantitative estimate of drug-likeness (QED) is 0.0658. The predicted octanol–water partition coefficient (Wildman–Crippen LogP) is 17.1. The first-order valence-electron chi connectivity index (χ1n) is 27.4. The second kappa shape index (κ2) is 21.7. The van der Waals surface area contributed by atoms with Crippen LogP contribution >= 0.6 is 0 Å². The number of unbranched alkanes of at least 4 members (excludes halogenated alkanes) is 18. The van der Waals surface area contributed by atoms with Crippen LogP contribution in [0.4, 0.5) is 0 Å². The number of guanidine groups is 2. The summed E-state index contributed by atoms with van der Waals surface area (Å²) in [5.41, 5.74) is 14.9. The van der Waals surface area contributed by atoms with Gasteiger partial charge in [0.1, 0.15) is 5.84 Å². The summed E-state index contributed by atoms with van der Waals surface area (Å²) in [4.78, 5) is 26.2. The molecule has 9 rings (SSSR count). The fraction of sp³-hybridized carbons (Fsp3) is 0.492. The van der Waals surface area contributed by atoms with E-state index in [0.717, 1.165) is 71.7 Å². The highest BCUT2D eigenvalue weighted by Crippen LogP contribution is 2.52. The van der Waals surface area contributed by atoms with Gasteiger partial charge >= 0.3 is 0 Å². The molecule has 0 radical (unpaired) electrons. The molecular weight excluding hydrogens is 841 g/mol. The van der Waals surface area contributed by atoms with Crippen molar-refractivity contribution in [1.82, 2.24) is 9.80 Å². The standard InChI is InChI=1S/C63H80N6/c1-8-10-12-14-16-18-20-22-24-30-40-68(41-31-25-23-21-19-17-15-13-11-9-2)60-66-59-53(47-37-39-51-49-33-27-29-35-55(49)63(6,7)57(51)43-47)44-52(58-64-45(3)65-61(67-60)69(58)59)46-36-38-50-48-32-26-28-34-54(48)62(4,5)56(50)42-46/h26-29,32-39,42-44H,8-25,30-31,40-41H2,1-7H3. The summed E-state index contributed by atoms with van der Waals surface area (Å²) in [6.45, 7) is 18.0. The van der Waals surface area contributed by atoms with Gasteiger partial charge in [-0.15, -0.1) is 0 Å². The number of amidine groups is 2. The van der Waals surface area contributed by atoms with E-state index in [1.54, 1.807) is 0 Å². The topological polar surface area (TPSA) is 55.9 Å². The molecule has 69 heavy (non-hydrogen) atoms. The predicted molar refractivity (Wildman–Crippen MR) is 295 cm³/mol. The third kappa shape index (κ3) is 10.2. The molecule has 3 aliphatic heterocycles. The maximum absolute atomic E-state index is 5.67. The highest BCUT2D eigenvalue weighted by molar-refractivity contribution is 6.36. The summed E-state index contributed by atoms with van der Waals surface area (Å²) >= 11 is 0. The van der Waals surface area contributed by atoms with Gasteiger partial charge in [-0.1, -0.05) is 230 Å². The van der Waals surface area contributed by atoms with Crippen molar-refractivity contribution in [2.45, 2.75) is 188 Å². The smallest absolute Gasteiger partial charge is 0.242 e. The number of hydrogen-bond donors (Lipinski definition) is 0. The van der Waals surface area contributed by atoms with Gasteiger partial charge in [0.2, 0.25) is 11.9 Å². The lowest BCUT2D eigenvalue weighted by Gasteiger charge is -2.37. The van der Waals surface area contributed by atoms with E-state index >= 15 is 0 Å². The molecule has 2 aliphatic carbocycles. The lowest BCUT2D eigenvalue weighted by atomic mass is 9.80. The summed E-state index contributed by atoms with van der Waals surface area (Å²) in [6.07, 6.45) is 28.8. The second-order valence-electron chi connectivity index (χ2n) is 21.8. The fourth-order valence-corrected chi connectivity index (χ4v) is 11.9. The first-order valence-corrected chi connectivity index (χ1v) is 27.4. The number of benzene rings is 4. The third-order valence-electron chi connectivity index (χ3n) is 16.0. The molecule has 6 heteroatoms. The lowest BCUT2D eigenvalue weighted by molar-refractivity contribution is 0.377. The molecule has 0 saturated carbocycles. The van der Waals surface area contributed by atoms with Crippen LogP contribution in [0.5, 0.6) is 0 Å². The number of rotatable bonds is 24. The number of nitrogens with zero attached hydrogens (tertiary/aromatic N) is 6. The van der Waals surface area contributed by atoms with E-state index in [1.165, 1.54) is 160 Å². The van der Waals surface area contributed by atoms with Crippen LogP contribution in [0.15, 0.2) is 117 Å². The number of fused-ring (bicyclic) bond motifs is 6. The van der Waals surface area contributed by atoms with E-state index in [0.29, 0.717) is 5.96 Å². The molecule has 6 nitrogen and oxygen atoms in total. The van der Waals surface area contributed by atoms with Crippen molar-refractivity contribution < 1.29 is 0 Å². The average Bonchev–Trinajstić information content (AvgIpc) is 3.73. The average molecular weight is 921 g/mol. The Morgan fingerprint density at radius 1 is 0.464 bits per heavy atom. The van der Waals surface area contributed by atoms with Gasteiger partial charge in [0.05, 0.1) is 0 Å². The Bertz CT molecular complexity index is 2660. The van der Waals surface area contributed by atoms with Gasteiger partial charge in [0.15, 0.2) is 11.7 Å². The molecule has 5 aliphatic rings. The van der Waals surface area contributed by atoms with Crippen LogP contribution in [0.25, 0.3) is 33.4 Å². The molecular formula is C63H80N6. The minimum atomic E-state index is -0.136. The summed E-state index contributed by atoms with van der Waals surface area (Å²) in [5, 5.41) is 0. The molecule has 0 aromatic heterocycles. The van der Waals surface area contributed by atoms with E-state index in [2.05, 4.69) is 142 Å². The van der Waals surface area contributed by atoms with Gasteiger partial charge < -0.3 is 4.90 Å². The zero-order chi connectivity index (χ0) is 48.0. The zero-order valence-corrected chi connectivity index (χ0v) is 43.4. The van der Waals surface area contributed by atoms with Crippen molar-refractivity contribution in [1.29, 1.82) is 0 Å². The molecule has 3 heterocycles. The van der Waals surface area contributed by atoms with Crippen LogP contribution in [0.3, 0.4) is 0 Å². The van der Waals surface area contributed by atoms with Gasteiger partial charge in [0, 0.05) is 35.1 Å². The Morgan fingerprint density at radius 2 is 0.913 bits per heavy atom. The lowest BCUT2D eigenvalue weighted by Crippen LogP contribution is -2.46. The van der Waals surface area contributed by atoms with E-state index < -0.39 is 0 Å². The Hall–Kier alpha value is -5.36. The number of allylic oxidation sites excluding steroid dienone is 2. The van der Waals surface area contributed by atoms with Gasteiger partial charge in [-0.25, -0.2) is 9.89 Å². The minimum Gasteiger partial charge on any atom is -0.341 e. The Kier molecular flexibility index (Phi) is 15.3. The van der Waals surface area contributed by atoms with Crippen molar-refractivity contribution in [2.75, 3.05) is 13.1 Å². The van der Waals surface area contributed by atoms with Gasteiger partial charge in [0.25, 0.3) is 0 Å². The SMILES string of the molecule is CCCCCCCCCCCCN(CCCCCCCCCCCC)C1=NC2=C(c3ccc4c(c3)C(C)(C)c3ccccc3-4)C=C(c3ccc4c(c3)C(C)(C)c3ccccc3-4)C3=NC(C)=NC(=N1)N32. The molecule has 4 aromatic carbocycles. The van der Waals surface area contributed by atoms with Crippen LogP contribution in [0.2, 0.25) is 0 Å². The number of aliphatic imine (C=N–C) groups is 4. The van der Waals surface area contributed by atoms with Crippen molar-refractivity contribution in [3.05, 3.63) is 130 Å². The molecule has 0 N–H and O–H groups in total. The second-order valence-corrected chi connectivity index (χ2v) is 21.8. The van der Waals surface area contributed by atoms with Crippen LogP contribution in [0.1, 0.15) is 210 Å². The number of hydrogen-bond acceptors (Lipinski definition) is 6. The highest BCUT2D eigenvalue weighted by Gasteiger charge is 2.41. The summed E-state index contributed by atoms with van der Waals surface area (Å²) < 4.78 is 0. The zero-order valence-electron chi connectivity index (χ0n) is 43.4. The van der Waals surface area contributed by atoms with E-state index in [-0.39, 0.29) is 10.8 Å². The molecule has 4 aromatic rings. The molecule has 0 atom stereocenters. The largest absolute Gasteiger partial charge is 0.341 e. The third-order valence-corrected chi connectivity index (χ3v) is 16.0. The summed E-state index contributed by atoms with van der Waals surface area (Å²) in [6, 6.07) is 32.0. The highest BCUT2D eigenvalue weighted by atomic mass is 15.5. The first-order chi connectivity index (χ1) is 33.6. The molecule has 0 amide bonds. The normalized spacial score (nSPS) is 16.7. The monoisotopic (exact) mass is 921 g/mol.